The van der Waals surface area contributed by atoms with Crippen LogP contribution in [0.5, 0.6) is 0 Å². The zero-order chi connectivity index (χ0) is 27.8. The van der Waals surface area contributed by atoms with Gasteiger partial charge in [-0.3, -0.25) is 14.4 Å². The average molecular weight is 544 g/mol. The van der Waals surface area contributed by atoms with Crippen LogP contribution in [-0.2, 0) is 11.8 Å². The number of aryl methyl sites for hydroxylation is 1. The van der Waals surface area contributed by atoms with Gasteiger partial charge in [0.15, 0.2) is 0 Å². The maximum atomic E-state index is 14.7. The third-order valence-electron chi connectivity index (χ3n) is 7.87. The second-order valence-corrected chi connectivity index (χ2v) is 11.2. The summed E-state index contributed by atoms with van der Waals surface area (Å²) in [6.07, 6.45) is 1.17. The van der Waals surface area contributed by atoms with Crippen LogP contribution in [0.25, 0.3) is 22.0 Å². The minimum atomic E-state index is -2.71. The van der Waals surface area contributed by atoms with Crippen LogP contribution in [0.1, 0.15) is 60.0 Å². The molecule has 0 radical (unpaired) electrons. The number of benzene rings is 2. The average Bonchev–Trinajstić information content (AvgIpc) is 3.25. The van der Waals surface area contributed by atoms with E-state index in [0.29, 0.717) is 17.7 Å². The molecule has 5 rings (SSSR count). The maximum absolute atomic E-state index is 14.7. The summed E-state index contributed by atoms with van der Waals surface area (Å²) in [4.78, 5) is 15.5. The molecule has 1 aromatic heterocycles. The molecule has 39 heavy (non-hydrogen) atoms. The van der Waals surface area contributed by atoms with Gasteiger partial charge in [0, 0.05) is 44.0 Å². The Kier molecular flexibility index (Phi) is 7.98. The second-order valence-electron chi connectivity index (χ2n) is 11.2. The van der Waals surface area contributed by atoms with Crippen LogP contribution in [0, 0.1) is 5.82 Å². The lowest BCUT2D eigenvalue weighted by atomic mass is 9.83. The van der Waals surface area contributed by atoms with Crippen molar-refractivity contribution in [3.63, 3.8) is 0 Å². The summed E-state index contributed by atoms with van der Waals surface area (Å²) in [5.74, 6) is -1.15. The second kappa shape index (κ2) is 11.3. The number of rotatable bonds is 8. The lowest BCUT2D eigenvalue weighted by Gasteiger charge is -2.42. The highest BCUT2D eigenvalue weighted by Gasteiger charge is 2.33. The smallest absolute Gasteiger partial charge is 0.255 e. The van der Waals surface area contributed by atoms with Crippen LogP contribution in [0.2, 0.25) is 0 Å². The predicted octanol–water partition coefficient (Wildman–Crippen LogP) is 4.40. The molecular weight excluding hydrogens is 507 g/mol. The van der Waals surface area contributed by atoms with Gasteiger partial charge >= 0.3 is 0 Å². The van der Waals surface area contributed by atoms with Crippen LogP contribution in [0.3, 0.4) is 0 Å². The van der Waals surface area contributed by atoms with E-state index in [9.17, 15) is 18.0 Å². The molecule has 2 atom stereocenters. The van der Waals surface area contributed by atoms with Crippen molar-refractivity contribution in [2.75, 3.05) is 32.8 Å². The van der Waals surface area contributed by atoms with Crippen molar-refractivity contribution < 1.29 is 22.7 Å². The Morgan fingerprint density at radius 1 is 1.21 bits per heavy atom. The highest BCUT2D eigenvalue weighted by atomic mass is 19.3. The summed E-state index contributed by atoms with van der Waals surface area (Å²) < 4.78 is 48.2. The zero-order valence-corrected chi connectivity index (χ0v) is 22.6. The van der Waals surface area contributed by atoms with E-state index < -0.39 is 24.7 Å². The van der Waals surface area contributed by atoms with Crippen LogP contribution in [0.4, 0.5) is 13.2 Å². The Labute approximate surface area is 226 Å². The number of hydrogen-bond acceptors (Lipinski definition) is 5. The van der Waals surface area contributed by atoms with Crippen molar-refractivity contribution in [3.05, 3.63) is 53.0 Å². The molecule has 0 aliphatic carbocycles. The summed E-state index contributed by atoms with van der Waals surface area (Å²) in [5, 5.41) is 7.54. The molecule has 210 valence electrons. The maximum Gasteiger partial charge on any atom is 0.255 e. The lowest BCUT2D eigenvalue weighted by Crippen LogP contribution is -2.50. The fourth-order valence-electron chi connectivity index (χ4n) is 5.73. The highest BCUT2D eigenvalue weighted by Crippen LogP contribution is 2.41. The van der Waals surface area contributed by atoms with Crippen molar-refractivity contribution in [2.24, 2.45) is 12.8 Å². The molecule has 2 fully saturated rings. The van der Waals surface area contributed by atoms with Crippen molar-refractivity contribution in [2.45, 2.75) is 57.1 Å². The van der Waals surface area contributed by atoms with E-state index in [1.807, 2.05) is 20.9 Å². The van der Waals surface area contributed by atoms with E-state index in [-0.39, 0.29) is 29.5 Å². The van der Waals surface area contributed by atoms with Crippen molar-refractivity contribution in [1.82, 2.24) is 20.0 Å². The van der Waals surface area contributed by atoms with Gasteiger partial charge in [-0.2, -0.15) is 5.10 Å². The minimum absolute atomic E-state index is 0.0459. The summed E-state index contributed by atoms with van der Waals surface area (Å²) in [5.41, 5.74) is 9.94. The quantitative estimate of drug-likeness (QED) is 0.440. The van der Waals surface area contributed by atoms with Gasteiger partial charge in [-0.05, 0) is 65.3 Å². The number of nitrogens with zero attached hydrogens (tertiary/aromatic N) is 3. The van der Waals surface area contributed by atoms with Gasteiger partial charge in [-0.25, -0.2) is 13.2 Å². The summed E-state index contributed by atoms with van der Waals surface area (Å²) in [6, 6.07) is 6.88. The van der Waals surface area contributed by atoms with Crippen LogP contribution in [-0.4, -0.2) is 71.9 Å². The van der Waals surface area contributed by atoms with Gasteiger partial charge in [-0.15, -0.1) is 0 Å². The first-order chi connectivity index (χ1) is 18.6. The standard InChI is InChI=1S/C29H36F3N5O2/c1-16(2)22-8-19(30)9-24(29(38)34-11-27(31)32)28(22)23-6-17(7-26-25(23)10-35-36(26)3)18-12-37(13-18)14-21-5-4-20(33)15-39-21/h6-10,16,18,20-21,27H,4-5,11-15,33H2,1-3H3,(H,34,38)/t20-,21+/m1/s1. The number of aromatic nitrogens is 2. The Morgan fingerprint density at radius 2 is 1.97 bits per heavy atom. The molecule has 2 saturated heterocycles. The molecule has 2 aliphatic rings. The molecule has 0 spiro atoms. The Morgan fingerprint density at radius 3 is 2.64 bits per heavy atom. The van der Waals surface area contributed by atoms with Crippen molar-refractivity contribution in [1.29, 1.82) is 0 Å². The molecule has 7 nitrogen and oxygen atoms in total. The third-order valence-corrected chi connectivity index (χ3v) is 7.87. The molecule has 0 bridgehead atoms. The number of likely N-dealkylation sites (tertiary alicyclic amines) is 1. The number of alkyl halides is 2. The number of carbonyl (C=O) groups is 1. The van der Waals surface area contributed by atoms with E-state index >= 15 is 0 Å². The predicted molar refractivity (Wildman–Crippen MR) is 145 cm³/mol. The van der Waals surface area contributed by atoms with Crippen LogP contribution < -0.4 is 11.1 Å². The molecule has 0 saturated carbocycles. The number of hydrogen-bond donors (Lipinski definition) is 2. The zero-order valence-electron chi connectivity index (χ0n) is 22.6. The first kappa shape index (κ1) is 27.6. The summed E-state index contributed by atoms with van der Waals surface area (Å²) in [7, 11) is 1.86. The van der Waals surface area contributed by atoms with Gasteiger partial charge in [-0.1, -0.05) is 13.8 Å². The Hall–Kier alpha value is -2.95. The molecular formula is C29H36F3N5O2. The number of nitrogens with two attached hydrogens (primary N) is 1. The number of halogens is 3. The van der Waals surface area contributed by atoms with Gasteiger partial charge in [0.05, 0.1) is 36.5 Å². The summed E-state index contributed by atoms with van der Waals surface area (Å²) >= 11 is 0. The molecule has 1 amide bonds. The number of amides is 1. The minimum Gasteiger partial charge on any atom is -0.375 e. The number of ether oxygens (including phenoxy) is 1. The first-order valence-corrected chi connectivity index (χ1v) is 13.6. The van der Waals surface area contributed by atoms with E-state index in [0.717, 1.165) is 60.6 Å². The van der Waals surface area contributed by atoms with Crippen LogP contribution in [0.15, 0.2) is 30.5 Å². The van der Waals surface area contributed by atoms with E-state index in [1.165, 1.54) is 6.07 Å². The Bertz CT molecular complexity index is 1340. The monoisotopic (exact) mass is 543 g/mol. The van der Waals surface area contributed by atoms with E-state index in [1.54, 1.807) is 10.9 Å². The van der Waals surface area contributed by atoms with Gasteiger partial charge in [0.2, 0.25) is 0 Å². The fourth-order valence-corrected chi connectivity index (χ4v) is 5.73. The molecule has 2 aromatic carbocycles. The normalized spacial score (nSPS) is 20.6. The molecule has 3 aromatic rings. The number of nitrogens with one attached hydrogen (secondary N) is 1. The van der Waals surface area contributed by atoms with Gasteiger partial charge in [0.1, 0.15) is 5.82 Å². The molecule has 10 heteroatoms. The number of fused-ring (bicyclic) bond motifs is 1. The van der Waals surface area contributed by atoms with E-state index in [4.69, 9.17) is 10.5 Å². The Balaban J connectivity index is 1.51. The number of carbonyl (C=O) groups excluding carboxylic acids is 1. The molecule has 0 unspecified atom stereocenters. The third kappa shape index (κ3) is 5.83. The van der Waals surface area contributed by atoms with Gasteiger partial charge < -0.3 is 15.8 Å². The van der Waals surface area contributed by atoms with Crippen LogP contribution >= 0.6 is 0 Å². The molecule has 2 aliphatic heterocycles. The molecule has 3 heterocycles. The highest BCUT2D eigenvalue weighted by molar-refractivity contribution is 6.06. The fraction of sp³-hybridized carbons (Fsp3) is 0.517. The molecule has 3 N–H and O–H groups in total. The lowest BCUT2D eigenvalue weighted by molar-refractivity contribution is -0.0284. The van der Waals surface area contributed by atoms with Crippen molar-refractivity contribution >= 4 is 16.8 Å². The van der Waals surface area contributed by atoms with Gasteiger partial charge in [0.25, 0.3) is 12.3 Å². The first-order valence-electron chi connectivity index (χ1n) is 13.6. The largest absolute Gasteiger partial charge is 0.375 e. The summed E-state index contributed by atoms with van der Waals surface area (Å²) in [6.45, 7) is 6.26. The SMILES string of the molecule is CC(C)c1cc(F)cc(C(=O)NCC(F)F)c1-c1cc(C2CN(C[C@@H]3CC[C@@H](N)CO3)C2)cc2c1cnn2C. The van der Waals surface area contributed by atoms with Crippen molar-refractivity contribution in [3.8, 4) is 11.1 Å². The topological polar surface area (TPSA) is 85.4 Å². The van der Waals surface area contributed by atoms with E-state index in [2.05, 4.69) is 27.4 Å².